The highest BCUT2D eigenvalue weighted by atomic mass is 32.2. The molecule has 0 aromatic heterocycles. The van der Waals surface area contributed by atoms with Crippen molar-refractivity contribution in [3.63, 3.8) is 0 Å². The lowest BCUT2D eigenvalue weighted by Crippen LogP contribution is -2.22. The van der Waals surface area contributed by atoms with Gasteiger partial charge in [-0.05, 0) is 43.0 Å². The fourth-order valence-electron chi connectivity index (χ4n) is 2.37. The largest absolute Gasteiger partial charge is 0.380 e. The highest BCUT2D eigenvalue weighted by molar-refractivity contribution is 7.90. The molecule has 0 radical (unpaired) electrons. The van der Waals surface area contributed by atoms with Crippen LogP contribution < -0.4 is 0 Å². The van der Waals surface area contributed by atoms with E-state index in [1.165, 1.54) is 6.26 Å². The summed E-state index contributed by atoms with van der Waals surface area (Å²) in [5.74, 6) is 0. The van der Waals surface area contributed by atoms with E-state index < -0.39 is 15.4 Å². The molecular formula is C19H23NO3S. The molecule has 1 atom stereocenters. The molecule has 24 heavy (non-hydrogen) atoms. The lowest BCUT2D eigenvalue weighted by atomic mass is 9.98. The smallest absolute Gasteiger partial charge is 0.175 e. The molecule has 0 saturated carbocycles. The highest BCUT2D eigenvalue weighted by Gasteiger charge is 2.19. The third-order valence-electron chi connectivity index (χ3n) is 3.81. The summed E-state index contributed by atoms with van der Waals surface area (Å²) in [5.41, 5.74) is 0.816. The molecule has 0 aliphatic heterocycles. The zero-order valence-electron chi connectivity index (χ0n) is 14.0. The van der Waals surface area contributed by atoms with Crippen LogP contribution in [-0.2, 0) is 21.9 Å². The highest BCUT2D eigenvalue weighted by Crippen LogP contribution is 2.17. The minimum absolute atomic E-state index is 0.336. The fraction of sp³-hybridized carbons (Fsp3) is 0.316. The fourth-order valence-corrected chi connectivity index (χ4v) is 3.00. The predicted octanol–water partition coefficient (Wildman–Crippen LogP) is 3.00. The van der Waals surface area contributed by atoms with Gasteiger partial charge in [0, 0.05) is 19.0 Å². The maximum Gasteiger partial charge on any atom is 0.175 e. The molecular weight excluding hydrogens is 322 g/mol. The molecule has 4 nitrogen and oxygen atoms in total. The molecule has 0 aliphatic rings. The van der Waals surface area contributed by atoms with E-state index in [4.69, 9.17) is 0 Å². The van der Waals surface area contributed by atoms with Crippen LogP contribution in [0.3, 0.4) is 0 Å². The van der Waals surface area contributed by atoms with Crippen molar-refractivity contribution < 1.29 is 13.5 Å². The molecule has 2 rings (SSSR count). The Bertz CT molecular complexity index is 779. The third-order valence-corrected chi connectivity index (χ3v) is 4.93. The van der Waals surface area contributed by atoms with E-state index in [1.807, 2.05) is 42.5 Å². The van der Waals surface area contributed by atoms with Crippen LogP contribution in [0, 0.1) is 0 Å². The van der Waals surface area contributed by atoms with Gasteiger partial charge in [0.05, 0.1) is 4.90 Å². The number of benzene rings is 2. The minimum Gasteiger partial charge on any atom is -0.380 e. The van der Waals surface area contributed by atoms with Crippen molar-refractivity contribution in [3.8, 4) is 0 Å². The van der Waals surface area contributed by atoms with Gasteiger partial charge in [-0.25, -0.2) is 8.42 Å². The molecule has 1 unspecified atom stereocenters. The zero-order chi connectivity index (χ0) is 17.6. The number of hydrogen-bond acceptors (Lipinski definition) is 4. The second-order valence-corrected chi connectivity index (χ2v) is 8.08. The summed E-state index contributed by atoms with van der Waals surface area (Å²) in [6.07, 6.45) is 4.43. The van der Waals surface area contributed by atoms with Gasteiger partial charge in [0.2, 0.25) is 0 Å². The van der Waals surface area contributed by atoms with Crippen molar-refractivity contribution in [1.29, 1.82) is 0 Å². The molecule has 2 aromatic rings. The van der Waals surface area contributed by atoms with Crippen molar-refractivity contribution in [2.75, 3.05) is 12.8 Å². The first-order valence-corrected chi connectivity index (χ1v) is 9.76. The van der Waals surface area contributed by atoms with Gasteiger partial charge in [-0.2, -0.15) is 0 Å². The Hall–Kier alpha value is -1.98. The van der Waals surface area contributed by atoms with Gasteiger partial charge in [-0.15, -0.1) is 0 Å². The van der Waals surface area contributed by atoms with Gasteiger partial charge < -0.3 is 5.11 Å². The van der Waals surface area contributed by atoms with Gasteiger partial charge in [0.15, 0.2) is 9.84 Å². The SMILES string of the molecule is CC(O)(C=NCCCc1ccc(S(C)(=O)=O)cc1)c1ccccc1. The Morgan fingerprint density at radius 3 is 2.29 bits per heavy atom. The lowest BCUT2D eigenvalue weighted by molar-refractivity contribution is 0.138. The Balaban J connectivity index is 1.84. The quantitative estimate of drug-likeness (QED) is 0.620. The Labute approximate surface area is 143 Å². The monoisotopic (exact) mass is 345 g/mol. The van der Waals surface area contributed by atoms with Gasteiger partial charge in [0.25, 0.3) is 0 Å². The number of hydrogen-bond donors (Lipinski definition) is 1. The van der Waals surface area contributed by atoms with Gasteiger partial charge in [0.1, 0.15) is 5.60 Å². The topological polar surface area (TPSA) is 66.7 Å². The van der Waals surface area contributed by atoms with Crippen LogP contribution in [0.5, 0.6) is 0 Å². The summed E-state index contributed by atoms with van der Waals surface area (Å²) in [5, 5.41) is 10.4. The molecule has 0 spiro atoms. The zero-order valence-corrected chi connectivity index (χ0v) is 14.8. The van der Waals surface area contributed by atoms with Crippen molar-refractivity contribution in [3.05, 3.63) is 65.7 Å². The van der Waals surface area contributed by atoms with Crippen molar-refractivity contribution in [1.82, 2.24) is 0 Å². The first-order chi connectivity index (χ1) is 11.3. The van der Waals surface area contributed by atoms with Crippen molar-refractivity contribution in [2.24, 2.45) is 4.99 Å². The summed E-state index contributed by atoms with van der Waals surface area (Å²) in [6, 6.07) is 16.4. The van der Waals surface area contributed by atoms with Crippen molar-refractivity contribution in [2.45, 2.75) is 30.3 Å². The molecule has 0 fully saturated rings. The van der Waals surface area contributed by atoms with E-state index in [-0.39, 0.29) is 0 Å². The molecule has 0 bridgehead atoms. The lowest BCUT2D eigenvalue weighted by Gasteiger charge is -2.18. The number of aliphatic imine (C=N–C) groups is 1. The van der Waals surface area contributed by atoms with Crippen molar-refractivity contribution >= 4 is 16.1 Å². The third kappa shape index (κ3) is 5.28. The number of aryl methyl sites for hydroxylation is 1. The van der Waals surface area contributed by atoms with E-state index in [1.54, 1.807) is 25.3 Å². The second-order valence-electron chi connectivity index (χ2n) is 6.07. The average Bonchev–Trinajstić information content (AvgIpc) is 2.55. The number of aliphatic hydroxyl groups is 1. The summed E-state index contributed by atoms with van der Waals surface area (Å²) < 4.78 is 22.8. The van der Waals surface area contributed by atoms with Crippen LogP contribution >= 0.6 is 0 Å². The van der Waals surface area contributed by atoms with Gasteiger partial charge in [-0.1, -0.05) is 42.5 Å². The maximum absolute atomic E-state index is 11.4. The summed E-state index contributed by atoms with van der Waals surface area (Å²) in [6.45, 7) is 2.33. The predicted molar refractivity (Wildman–Crippen MR) is 97.2 cm³/mol. The first kappa shape index (κ1) is 18.4. The molecule has 0 heterocycles. The van der Waals surface area contributed by atoms with Crippen LogP contribution in [0.4, 0.5) is 0 Å². The average molecular weight is 345 g/mol. The van der Waals surface area contributed by atoms with Gasteiger partial charge in [-0.3, -0.25) is 4.99 Å². The van der Waals surface area contributed by atoms with E-state index >= 15 is 0 Å². The molecule has 5 heteroatoms. The number of rotatable bonds is 7. The maximum atomic E-state index is 11.4. The molecule has 0 saturated heterocycles. The van der Waals surface area contributed by atoms with Crippen LogP contribution in [0.2, 0.25) is 0 Å². The first-order valence-electron chi connectivity index (χ1n) is 7.87. The normalized spacial score (nSPS) is 14.6. The van der Waals surface area contributed by atoms with E-state index in [9.17, 15) is 13.5 Å². The van der Waals surface area contributed by atoms with Crippen LogP contribution in [0.15, 0.2) is 64.5 Å². The van der Waals surface area contributed by atoms with Crippen LogP contribution in [0.25, 0.3) is 0 Å². The second kappa shape index (κ2) is 7.73. The minimum atomic E-state index is -3.14. The molecule has 1 N–H and O–H groups in total. The standard InChI is InChI=1S/C19H23NO3S/c1-19(21,17-8-4-3-5-9-17)15-20-14-6-7-16-10-12-18(13-11-16)24(2,22)23/h3-5,8-13,15,21H,6-7,14H2,1-2H3. The number of sulfone groups is 1. The Kier molecular flexibility index (Phi) is 5.91. The number of nitrogens with zero attached hydrogens (tertiary/aromatic N) is 1. The Morgan fingerprint density at radius 2 is 1.71 bits per heavy atom. The summed E-state index contributed by atoms with van der Waals surface area (Å²) in [7, 11) is -3.14. The summed E-state index contributed by atoms with van der Waals surface area (Å²) >= 11 is 0. The molecule has 0 amide bonds. The Morgan fingerprint density at radius 1 is 1.08 bits per heavy atom. The molecule has 128 valence electrons. The van der Waals surface area contributed by atoms with Crippen LogP contribution in [-0.4, -0.2) is 32.5 Å². The van der Waals surface area contributed by atoms with E-state index in [2.05, 4.69) is 4.99 Å². The van der Waals surface area contributed by atoms with E-state index in [0.717, 1.165) is 24.0 Å². The molecule has 0 aliphatic carbocycles. The molecule has 2 aromatic carbocycles. The van der Waals surface area contributed by atoms with Gasteiger partial charge >= 0.3 is 0 Å². The summed E-state index contributed by atoms with van der Waals surface area (Å²) in [4.78, 5) is 4.66. The van der Waals surface area contributed by atoms with Crippen LogP contribution in [0.1, 0.15) is 24.5 Å². The van der Waals surface area contributed by atoms with E-state index in [0.29, 0.717) is 11.4 Å².